The smallest absolute Gasteiger partial charge is 0.107 e. The number of rotatable bonds is 3. The van der Waals surface area contributed by atoms with Crippen LogP contribution in [0.25, 0.3) is 0 Å². The predicted octanol–water partition coefficient (Wildman–Crippen LogP) is 1.96. The van der Waals surface area contributed by atoms with Crippen LogP contribution in [0, 0.1) is 19.8 Å². The number of piperidine rings is 1. The number of hydrogen-bond acceptors (Lipinski definition) is 4. The van der Waals surface area contributed by atoms with Gasteiger partial charge in [0.25, 0.3) is 0 Å². The van der Waals surface area contributed by atoms with Crippen LogP contribution in [0.15, 0.2) is 0 Å². The summed E-state index contributed by atoms with van der Waals surface area (Å²) in [6, 6.07) is 0. The fraction of sp³-hybridized carbons (Fsp3) is 0.750. The Balaban J connectivity index is 1.87. The van der Waals surface area contributed by atoms with E-state index < -0.39 is 0 Å². The standard InChI is InChI=1S/C12H20N2OS/c1-9-10(2)16-12(13-9)7-14-5-3-11(8-15)4-6-14/h11,15H,3-8H2,1-2H3. The van der Waals surface area contributed by atoms with Crippen LogP contribution in [0.2, 0.25) is 0 Å². The molecule has 90 valence electrons. The number of aryl methyl sites for hydroxylation is 2. The summed E-state index contributed by atoms with van der Waals surface area (Å²) in [5.41, 5.74) is 1.17. The highest BCUT2D eigenvalue weighted by Crippen LogP contribution is 2.21. The summed E-state index contributed by atoms with van der Waals surface area (Å²) >= 11 is 1.81. The van der Waals surface area contributed by atoms with Crippen molar-refractivity contribution in [3.63, 3.8) is 0 Å². The minimum absolute atomic E-state index is 0.351. The van der Waals surface area contributed by atoms with Crippen molar-refractivity contribution in [3.05, 3.63) is 15.6 Å². The first kappa shape index (κ1) is 12.0. The topological polar surface area (TPSA) is 36.4 Å². The van der Waals surface area contributed by atoms with Crippen molar-refractivity contribution >= 4 is 11.3 Å². The van der Waals surface area contributed by atoms with E-state index in [-0.39, 0.29) is 0 Å². The summed E-state index contributed by atoms with van der Waals surface area (Å²) in [5.74, 6) is 0.524. The van der Waals surface area contributed by atoms with Crippen LogP contribution in [0.5, 0.6) is 0 Å². The van der Waals surface area contributed by atoms with Crippen molar-refractivity contribution < 1.29 is 5.11 Å². The number of aromatic nitrogens is 1. The van der Waals surface area contributed by atoms with E-state index in [1.165, 1.54) is 15.6 Å². The Morgan fingerprint density at radius 2 is 2.06 bits per heavy atom. The molecule has 0 aliphatic carbocycles. The van der Waals surface area contributed by atoms with Gasteiger partial charge in [0.15, 0.2) is 0 Å². The summed E-state index contributed by atoms with van der Waals surface area (Å²) in [6.07, 6.45) is 2.25. The van der Waals surface area contributed by atoms with Crippen LogP contribution in [-0.2, 0) is 6.54 Å². The fourth-order valence-corrected chi connectivity index (χ4v) is 3.10. The van der Waals surface area contributed by atoms with Gasteiger partial charge in [0.1, 0.15) is 5.01 Å². The monoisotopic (exact) mass is 240 g/mol. The number of nitrogens with zero attached hydrogens (tertiary/aromatic N) is 2. The lowest BCUT2D eigenvalue weighted by molar-refractivity contribution is 0.127. The molecule has 2 rings (SSSR count). The molecule has 1 aromatic rings. The first-order chi connectivity index (χ1) is 7.69. The van der Waals surface area contributed by atoms with Crippen molar-refractivity contribution in [3.8, 4) is 0 Å². The average Bonchev–Trinajstić information content (AvgIpc) is 2.59. The summed E-state index contributed by atoms with van der Waals surface area (Å²) in [5, 5.41) is 10.3. The van der Waals surface area contributed by atoms with Gasteiger partial charge in [-0.3, -0.25) is 4.90 Å². The fourth-order valence-electron chi connectivity index (χ4n) is 2.13. The number of likely N-dealkylation sites (tertiary alicyclic amines) is 1. The largest absolute Gasteiger partial charge is 0.396 e. The molecule has 1 saturated heterocycles. The normalized spacial score (nSPS) is 19.2. The summed E-state index contributed by atoms with van der Waals surface area (Å²) in [7, 11) is 0. The predicted molar refractivity (Wildman–Crippen MR) is 66.7 cm³/mol. The molecule has 1 aromatic heterocycles. The molecule has 0 bridgehead atoms. The van der Waals surface area contributed by atoms with Gasteiger partial charge in [0.05, 0.1) is 12.2 Å². The molecule has 0 radical (unpaired) electrons. The molecule has 4 heteroatoms. The molecular formula is C12H20N2OS. The highest BCUT2D eigenvalue weighted by atomic mass is 32.1. The maximum atomic E-state index is 9.08. The molecule has 0 unspecified atom stereocenters. The zero-order chi connectivity index (χ0) is 11.5. The van der Waals surface area contributed by atoms with E-state index in [0.29, 0.717) is 12.5 Å². The van der Waals surface area contributed by atoms with Crippen LogP contribution in [0.4, 0.5) is 0 Å². The molecule has 0 amide bonds. The Labute approximate surface area is 101 Å². The first-order valence-electron chi connectivity index (χ1n) is 5.95. The second-order valence-corrected chi connectivity index (χ2v) is 5.94. The maximum Gasteiger partial charge on any atom is 0.107 e. The van der Waals surface area contributed by atoms with E-state index in [2.05, 4.69) is 23.7 Å². The van der Waals surface area contributed by atoms with Crippen molar-refractivity contribution in [2.24, 2.45) is 5.92 Å². The summed E-state index contributed by atoms with van der Waals surface area (Å²) in [4.78, 5) is 8.35. The number of aliphatic hydroxyl groups is 1. The molecule has 1 fully saturated rings. The second-order valence-electron chi connectivity index (χ2n) is 4.65. The van der Waals surface area contributed by atoms with Gasteiger partial charge >= 0.3 is 0 Å². The molecule has 0 atom stereocenters. The Morgan fingerprint density at radius 3 is 2.56 bits per heavy atom. The van der Waals surface area contributed by atoms with Gasteiger partial charge in [-0.15, -0.1) is 11.3 Å². The maximum absolute atomic E-state index is 9.08. The Morgan fingerprint density at radius 1 is 1.38 bits per heavy atom. The number of thiazole rings is 1. The second kappa shape index (κ2) is 5.25. The molecule has 0 aromatic carbocycles. The molecule has 1 N–H and O–H groups in total. The third kappa shape index (κ3) is 2.81. The van der Waals surface area contributed by atoms with Crippen LogP contribution in [0.1, 0.15) is 28.4 Å². The first-order valence-corrected chi connectivity index (χ1v) is 6.77. The third-order valence-electron chi connectivity index (χ3n) is 3.40. The van der Waals surface area contributed by atoms with E-state index in [4.69, 9.17) is 5.11 Å². The van der Waals surface area contributed by atoms with Crippen molar-refractivity contribution in [1.29, 1.82) is 0 Å². The van der Waals surface area contributed by atoms with Crippen LogP contribution in [0.3, 0.4) is 0 Å². The summed E-state index contributed by atoms with van der Waals surface area (Å²) < 4.78 is 0. The highest BCUT2D eigenvalue weighted by molar-refractivity contribution is 7.11. The van der Waals surface area contributed by atoms with E-state index in [0.717, 1.165) is 32.5 Å². The molecule has 0 saturated carbocycles. The quantitative estimate of drug-likeness (QED) is 0.877. The van der Waals surface area contributed by atoms with Crippen molar-refractivity contribution in [1.82, 2.24) is 9.88 Å². The zero-order valence-electron chi connectivity index (χ0n) is 10.1. The minimum atomic E-state index is 0.351. The van der Waals surface area contributed by atoms with Gasteiger partial charge in [-0.2, -0.15) is 0 Å². The number of hydrogen-bond donors (Lipinski definition) is 1. The molecule has 2 heterocycles. The van der Waals surface area contributed by atoms with Gasteiger partial charge < -0.3 is 5.11 Å². The van der Waals surface area contributed by atoms with Crippen molar-refractivity contribution in [2.75, 3.05) is 19.7 Å². The lowest BCUT2D eigenvalue weighted by atomic mass is 9.98. The zero-order valence-corrected chi connectivity index (χ0v) is 10.9. The van der Waals surface area contributed by atoms with E-state index in [1.807, 2.05) is 11.3 Å². The van der Waals surface area contributed by atoms with Gasteiger partial charge in [0.2, 0.25) is 0 Å². The Bertz CT molecular complexity index is 323. The van der Waals surface area contributed by atoms with Crippen LogP contribution in [-0.4, -0.2) is 34.7 Å². The minimum Gasteiger partial charge on any atom is -0.396 e. The van der Waals surface area contributed by atoms with Gasteiger partial charge in [-0.25, -0.2) is 4.98 Å². The van der Waals surface area contributed by atoms with Gasteiger partial charge in [-0.05, 0) is 45.7 Å². The third-order valence-corrected chi connectivity index (χ3v) is 4.45. The van der Waals surface area contributed by atoms with Crippen LogP contribution < -0.4 is 0 Å². The molecule has 1 aliphatic heterocycles. The molecular weight excluding hydrogens is 220 g/mol. The van der Waals surface area contributed by atoms with E-state index in [1.54, 1.807) is 0 Å². The lowest BCUT2D eigenvalue weighted by Crippen LogP contribution is -2.34. The van der Waals surface area contributed by atoms with Gasteiger partial charge in [-0.1, -0.05) is 0 Å². The Hall–Kier alpha value is -0.450. The van der Waals surface area contributed by atoms with Crippen molar-refractivity contribution in [2.45, 2.75) is 33.2 Å². The Kier molecular flexibility index (Phi) is 3.95. The molecule has 16 heavy (non-hydrogen) atoms. The highest BCUT2D eigenvalue weighted by Gasteiger charge is 2.19. The average molecular weight is 240 g/mol. The molecule has 0 spiro atoms. The number of aliphatic hydroxyl groups excluding tert-OH is 1. The van der Waals surface area contributed by atoms with E-state index >= 15 is 0 Å². The van der Waals surface area contributed by atoms with Crippen LogP contribution >= 0.6 is 11.3 Å². The molecule has 1 aliphatic rings. The molecule has 3 nitrogen and oxygen atoms in total. The van der Waals surface area contributed by atoms with E-state index in [9.17, 15) is 0 Å². The lowest BCUT2D eigenvalue weighted by Gasteiger charge is -2.30. The summed E-state index contributed by atoms with van der Waals surface area (Å²) in [6.45, 7) is 7.74. The van der Waals surface area contributed by atoms with Gasteiger partial charge in [0, 0.05) is 11.5 Å². The SMILES string of the molecule is Cc1nc(CN2CCC(CO)CC2)sc1C.